The van der Waals surface area contributed by atoms with E-state index < -0.39 is 0 Å². The summed E-state index contributed by atoms with van der Waals surface area (Å²) >= 11 is 3.55. The minimum absolute atomic E-state index is 0.138. The van der Waals surface area contributed by atoms with Gasteiger partial charge in [0.15, 0.2) is 0 Å². The van der Waals surface area contributed by atoms with Gasteiger partial charge in [0.1, 0.15) is 0 Å². The lowest BCUT2D eigenvalue weighted by molar-refractivity contribution is 0.553. The van der Waals surface area contributed by atoms with Crippen molar-refractivity contribution in [2.75, 3.05) is 6.26 Å². The van der Waals surface area contributed by atoms with Crippen LogP contribution < -0.4 is 11.3 Å². The number of nitrogens with two attached hydrogens (primary N) is 1. The molecule has 0 amide bonds. The summed E-state index contributed by atoms with van der Waals surface area (Å²) in [5.74, 6) is 5.78. The van der Waals surface area contributed by atoms with Crippen LogP contribution in [0.25, 0.3) is 10.1 Å². The first-order chi connectivity index (χ1) is 10.3. The standard InChI is InChI=1S/C17H18N2S2/c1-20-14-8-6-12(7-9-14)16(19-18)10-13-11-21-17-5-3-2-4-15(13)17/h2-9,11,16,19H,10,18H2,1H3. The van der Waals surface area contributed by atoms with Gasteiger partial charge in [0.2, 0.25) is 0 Å². The summed E-state index contributed by atoms with van der Waals surface area (Å²) in [6.45, 7) is 0. The SMILES string of the molecule is CSc1ccc(C(Cc2csc3ccccc23)NN)cc1. The summed E-state index contributed by atoms with van der Waals surface area (Å²) in [7, 11) is 0. The smallest absolute Gasteiger partial charge is 0.0500 e. The summed E-state index contributed by atoms with van der Waals surface area (Å²) in [5.41, 5.74) is 5.54. The molecule has 1 unspecified atom stereocenters. The Morgan fingerprint density at radius 1 is 1.14 bits per heavy atom. The molecule has 3 N–H and O–H groups in total. The number of thiophene rings is 1. The van der Waals surface area contributed by atoms with E-state index >= 15 is 0 Å². The van der Waals surface area contributed by atoms with Gasteiger partial charge in [-0.3, -0.25) is 11.3 Å². The number of fused-ring (bicyclic) bond motifs is 1. The zero-order valence-corrected chi connectivity index (χ0v) is 13.5. The summed E-state index contributed by atoms with van der Waals surface area (Å²) in [6.07, 6.45) is 2.99. The lowest BCUT2D eigenvalue weighted by Crippen LogP contribution is -2.29. The highest BCUT2D eigenvalue weighted by molar-refractivity contribution is 7.98. The van der Waals surface area contributed by atoms with E-state index in [9.17, 15) is 0 Å². The zero-order valence-electron chi connectivity index (χ0n) is 11.9. The third-order valence-electron chi connectivity index (χ3n) is 3.70. The molecule has 4 heteroatoms. The second-order valence-corrected chi connectivity index (χ2v) is 6.74. The van der Waals surface area contributed by atoms with E-state index in [2.05, 4.69) is 65.6 Å². The number of hydrogen-bond donors (Lipinski definition) is 2. The first-order valence-electron chi connectivity index (χ1n) is 6.87. The van der Waals surface area contributed by atoms with Crippen molar-refractivity contribution in [1.29, 1.82) is 0 Å². The van der Waals surface area contributed by atoms with Crippen molar-refractivity contribution in [3.63, 3.8) is 0 Å². The molecule has 0 fully saturated rings. The van der Waals surface area contributed by atoms with Crippen molar-refractivity contribution in [1.82, 2.24) is 5.43 Å². The molecule has 1 atom stereocenters. The molecule has 0 aliphatic rings. The number of benzene rings is 2. The molecule has 1 aromatic heterocycles. The van der Waals surface area contributed by atoms with Gasteiger partial charge >= 0.3 is 0 Å². The molecule has 21 heavy (non-hydrogen) atoms. The van der Waals surface area contributed by atoms with Crippen LogP contribution in [0.15, 0.2) is 58.8 Å². The van der Waals surface area contributed by atoms with Gasteiger partial charge in [-0.1, -0.05) is 30.3 Å². The van der Waals surface area contributed by atoms with E-state index in [1.165, 1.54) is 26.1 Å². The van der Waals surface area contributed by atoms with Gasteiger partial charge in [-0.2, -0.15) is 0 Å². The number of thioether (sulfide) groups is 1. The van der Waals surface area contributed by atoms with Crippen LogP contribution in [-0.2, 0) is 6.42 Å². The molecule has 3 rings (SSSR count). The molecule has 108 valence electrons. The Kier molecular flexibility index (Phi) is 4.60. The van der Waals surface area contributed by atoms with Crippen LogP contribution in [0.5, 0.6) is 0 Å². The van der Waals surface area contributed by atoms with Crippen LogP contribution in [-0.4, -0.2) is 6.26 Å². The van der Waals surface area contributed by atoms with Crippen LogP contribution in [0.3, 0.4) is 0 Å². The molecule has 0 radical (unpaired) electrons. The topological polar surface area (TPSA) is 38.0 Å². The van der Waals surface area contributed by atoms with E-state index in [0.717, 1.165) is 6.42 Å². The molecule has 1 heterocycles. The average molecular weight is 314 g/mol. The maximum Gasteiger partial charge on any atom is 0.0500 e. The number of nitrogens with one attached hydrogen (secondary N) is 1. The van der Waals surface area contributed by atoms with Gasteiger partial charge < -0.3 is 0 Å². The van der Waals surface area contributed by atoms with Gasteiger partial charge in [0, 0.05) is 9.60 Å². The zero-order chi connectivity index (χ0) is 14.7. The largest absolute Gasteiger partial charge is 0.271 e. The molecule has 2 aromatic carbocycles. The lowest BCUT2D eigenvalue weighted by Gasteiger charge is -2.16. The first-order valence-corrected chi connectivity index (χ1v) is 8.97. The molecular formula is C17H18N2S2. The van der Waals surface area contributed by atoms with E-state index in [4.69, 9.17) is 5.84 Å². The second kappa shape index (κ2) is 6.62. The highest BCUT2D eigenvalue weighted by atomic mass is 32.2. The van der Waals surface area contributed by atoms with Crippen molar-refractivity contribution in [3.8, 4) is 0 Å². The van der Waals surface area contributed by atoms with Crippen LogP contribution in [0, 0.1) is 0 Å². The Balaban J connectivity index is 1.86. The van der Waals surface area contributed by atoms with E-state index in [1.807, 2.05) is 0 Å². The van der Waals surface area contributed by atoms with E-state index in [1.54, 1.807) is 23.1 Å². The quantitative estimate of drug-likeness (QED) is 0.417. The first kappa shape index (κ1) is 14.6. The monoisotopic (exact) mass is 314 g/mol. The van der Waals surface area contributed by atoms with Crippen LogP contribution in [0.1, 0.15) is 17.2 Å². The Labute approximate surface area is 133 Å². The van der Waals surface area contributed by atoms with Crippen molar-refractivity contribution in [2.24, 2.45) is 5.84 Å². The molecule has 0 aliphatic heterocycles. The molecule has 3 aromatic rings. The number of rotatable bonds is 5. The maximum absolute atomic E-state index is 5.78. The number of hydrogen-bond acceptors (Lipinski definition) is 4. The van der Waals surface area contributed by atoms with Gasteiger partial charge in [-0.15, -0.1) is 23.1 Å². The van der Waals surface area contributed by atoms with Crippen molar-refractivity contribution in [2.45, 2.75) is 17.4 Å². The van der Waals surface area contributed by atoms with Gasteiger partial charge in [-0.05, 0) is 52.8 Å². The third-order valence-corrected chi connectivity index (χ3v) is 5.46. The molecule has 0 spiro atoms. The van der Waals surface area contributed by atoms with Crippen molar-refractivity contribution in [3.05, 3.63) is 65.0 Å². The van der Waals surface area contributed by atoms with Crippen LogP contribution in [0.2, 0.25) is 0 Å². The summed E-state index contributed by atoms with van der Waals surface area (Å²) in [5, 5.41) is 3.58. The Morgan fingerprint density at radius 2 is 1.90 bits per heavy atom. The summed E-state index contributed by atoms with van der Waals surface area (Å²) in [6, 6.07) is 17.3. The lowest BCUT2D eigenvalue weighted by atomic mass is 9.99. The molecule has 2 nitrogen and oxygen atoms in total. The summed E-state index contributed by atoms with van der Waals surface area (Å²) < 4.78 is 1.33. The maximum atomic E-state index is 5.78. The fourth-order valence-corrected chi connectivity index (χ4v) is 3.90. The molecule has 0 aliphatic carbocycles. The van der Waals surface area contributed by atoms with Gasteiger partial charge in [0.05, 0.1) is 6.04 Å². The normalized spacial score (nSPS) is 12.7. The minimum atomic E-state index is 0.138. The van der Waals surface area contributed by atoms with Crippen molar-refractivity contribution >= 4 is 33.2 Å². The molecular weight excluding hydrogens is 296 g/mol. The van der Waals surface area contributed by atoms with Gasteiger partial charge in [-0.25, -0.2) is 0 Å². The predicted molar refractivity (Wildman–Crippen MR) is 93.8 cm³/mol. The average Bonchev–Trinajstić information content (AvgIpc) is 2.96. The fraction of sp³-hybridized carbons (Fsp3) is 0.176. The molecule has 0 saturated carbocycles. The second-order valence-electron chi connectivity index (χ2n) is 4.95. The minimum Gasteiger partial charge on any atom is -0.271 e. The Hall–Kier alpha value is -1.33. The third kappa shape index (κ3) is 3.14. The van der Waals surface area contributed by atoms with E-state index in [-0.39, 0.29) is 6.04 Å². The number of hydrazine groups is 1. The highest BCUT2D eigenvalue weighted by Gasteiger charge is 2.13. The van der Waals surface area contributed by atoms with Gasteiger partial charge in [0.25, 0.3) is 0 Å². The Morgan fingerprint density at radius 3 is 2.62 bits per heavy atom. The Bertz CT molecular complexity index is 719. The van der Waals surface area contributed by atoms with Crippen LogP contribution >= 0.6 is 23.1 Å². The predicted octanol–water partition coefficient (Wildman–Crippen LogP) is 4.37. The summed E-state index contributed by atoms with van der Waals surface area (Å²) in [4.78, 5) is 1.27. The van der Waals surface area contributed by atoms with Crippen molar-refractivity contribution < 1.29 is 0 Å². The highest BCUT2D eigenvalue weighted by Crippen LogP contribution is 2.29. The molecule has 0 saturated heterocycles. The van der Waals surface area contributed by atoms with Crippen LogP contribution in [0.4, 0.5) is 0 Å². The molecule has 0 bridgehead atoms. The van der Waals surface area contributed by atoms with E-state index in [0.29, 0.717) is 0 Å². The fourth-order valence-electron chi connectivity index (χ4n) is 2.52.